The van der Waals surface area contributed by atoms with Crippen molar-refractivity contribution in [2.45, 2.75) is 31.1 Å². The van der Waals surface area contributed by atoms with Crippen molar-refractivity contribution in [1.82, 2.24) is 0 Å². The Morgan fingerprint density at radius 1 is 0.500 bits per heavy atom. The Balaban J connectivity index is 1.19. The molecule has 0 aromatic heterocycles. The Kier molecular flexibility index (Phi) is 5.35. The van der Waals surface area contributed by atoms with E-state index in [0.29, 0.717) is 0 Å². The molecule has 1 spiro atoms. The predicted octanol–water partition coefficient (Wildman–Crippen LogP) is 10.0. The monoisotopic (exact) mass is 638 g/mol. The van der Waals surface area contributed by atoms with Gasteiger partial charge in [0.2, 0.25) is 0 Å². The van der Waals surface area contributed by atoms with Gasteiger partial charge in [0.25, 0.3) is 6.71 Å². The van der Waals surface area contributed by atoms with E-state index in [-0.39, 0.29) is 12.1 Å². The largest absolute Gasteiger partial charge is 0.311 e. The molecular weight excluding hydrogens is 603 g/mol. The minimum absolute atomic E-state index is 0.121. The third-order valence-electron chi connectivity index (χ3n) is 13.1. The highest BCUT2D eigenvalue weighted by Gasteiger charge is 2.57. The van der Waals surface area contributed by atoms with E-state index >= 15 is 0 Å². The fourth-order valence-electron chi connectivity index (χ4n) is 11.2. The van der Waals surface area contributed by atoms with E-state index in [2.05, 4.69) is 161 Å². The SMILES string of the molecule is c1ccc(N2c3ccccc3B3c4cc5c(cc4N(c4ccc6ccccc6c4)c4cccc2c43)[C@@]2(C[C@H]3CC[C@@H]2C3)c2ccccc2-5)cc1. The maximum atomic E-state index is 2.67. The summed E-state index contributed by atoms with van der Waals surface area (Å²) in [5.74, 6) is 1.56. The Morgan fingerprint density at radius 2 is 1.24 bits per heavy atom. The van der Waals surface area contributed by atoms with E-state index in [1.807, 2.05) is 0 Å². The smallest absolute Gasteiger partial charge is 0.252 e. The van der Waals surface area contributed by atoms with Crippen molar-refractivity contribution in [3.8, 4) is 11.1 Å². The lowest BCUT2D eigenvalue weighted by Gasteiger charge is -2.45. The molecule has 236 valence electrons. The summed E-state index contributed by atoms with van der Waals surface area (Å²) in [5.41, 5.74) is 17.9. The topological polar surface area (TPSA) is 6.48 Å². The number of anilines is 6. The van der Waals surface area contributed by atoms with Crippen molar-refractivity contribution in [2.75, 3.05) is 9.80 Å². The minimum atomic E-state index is 0.121. The van der Waals surface area contributed by atoms with Crippen LogP contribution in [0.1, 0.15) is 36.8 Å². The molecule has 7 aromatic rings. The molecule has 0 N–H and O–H groups in total. The number of hydrogen-bond donors (Lipinski definition) is 0. The molecule has 3 aliphatic carbocycles. The zero-order chi connectivity index (χ0) is 32.6. The summed E-state index contributed by atoms with van der Waals surface area (Å²) in [6, 6.07) is 57.6. The van der Waals surface area contributed by atoms with Crippen LogP contribution in [-0.2, 0) is 5.41 Å². The fraction of sp³-hybridized carbons (Fsp3) is 0.149. The van der Waals surface area contributed by atoms with Crippen molar-refractivity contribution in [3.63, 3.8) is 0 Å². The molecule has 0 radical (unpaired) electrons. The number of rotatable bonds is 2. The molecule has 50 heavy (non-hydrogen) atoms. The average Bonchev–Trinajstić information content (AvgIpc) is 3.87. The van der Waals surface area contributed by atoms with Crippen LogP contribution in [0.3, 0.4) is 0 Å². The lowest BCUT2D eigenvalue weighted by Crippen LogP contribution is -2.61. The molecule has 7 aromatic carbocycles. The second-order valence-corrected chi connectivity index (χ2v) is 15.3. The van der Waals surface area contributed by atoms with Gasteiger partial charge in [0.05, 0.1) is 0 Å². The first-order chi connectivity index (χ1) is 24.8. The van der Waals surface area contributed by atoms with Crippen molar-refractivity contribution >= 4 is 68.0 Å². The molecule has 5 aliphatic rings. The molecule has 3 atom stereocenters. The van der Waals surface area contributed by atoms with Crippen LogP contribution >= 0.6 is 0 Å². The summed E-state index contributed by atoms with van der Waals surface area (Å²) in [4.78, 5) is 5.10. The average molecular weight is 639 g/mol. The van der Waals surface area contributed by atoms with Crippen molar-refractivity contribution < 1.29 is 0 Å². The third kappa shape index (κ3) is 3.40. The first-order valence-corrected chi connectivity index (χ1v) is 18.4. The number of benzene rings is 7. The number of fused-ring (bicyclic) bond motifs is 13. The summed E-state index contributed by atoms with van der Waals surface area (Å²) in [6.45, 7) is 0.123. The van der Waals surface area contributed by atoms with Crippen LogP contribution in [0.4, 0.5) is 34.1 Å². The van der Waals surface area contributed by atoms with Crippen LogP contribution in [0, 0.1) is 11.8 Å². The standard InChI is InChI=1S/C47H35BN2/c1-2-13-34(14-3-1)49-42-18-9-8-17-40(42)48-41-27-37-36-15-6-7-16-38(36)47(29-30-21-23-33(47)25-30)39(37)28-45(41)50(44-20-10-19-43(49)46(44)48)35-24-22-31-11-4-5-12-32(31)26-35/h1-20,22,24,26-28,30,33H,21,23,25,29H2/t30-,33+,47+/m0/s1. The zero-order valence-electron chi connectivity index (χ0n) is 27.9. The van der Waals surface area contributed by atoms with E-state index in [0.717, 1.165) is 11.8 Å². The Labute approximate surface area is 293 Å². The summed E-state index contributed by atoms with van der Waals surface area (Å²) >= 11 is 0. The molecule has 2 bridgehead atoms. The van der Waals surface area contributed by atoms with Crippen LogP contribution in [0.2, 0.25) is 0 Å². The van der Waals surface area contributed by atoms with Gasteiger partial charge in [-0.15, -0.1) is 0 Å². The second kappa shape index (κ2) is 9.79. The molecule has 0 saturated heterocycles. The highest BCUT2D eigenvalue weighted by atomic mass is 15.2. The maximum absolute atomic E-state index is 2.67. The van der Waals surface area contributed by atoms with Crippen LogP contribution in [0.5, 0.6) is 0 Å². The van der Waals surface area contributed by atoms with E-state index in [1.165, 1.54) is 98.1 Å². The lowest BCUT2D eigenvalue weighted by atomic mass is 9.33. The molecule has 0 unspecified atom stereocenters. The van der Waals surface area contributed by atoms with Crippen LogP contribution in [-0.4, -0.2) is 6.71 Å². The highest BCUT2D eigenvalue weighted by molar-refractivity contribution is 7.00. The zero-order valence-corrected chi connectivity index (χ0v) is 27.9. The van der Waals surface area contributed by atoms with Gasteiger partial charge in [-0.25, -0.2) is 0 Å². The van der Waals surface area contributed by atoms with Crippen LogP contribution in [0.25, 0.3) is 21.9 Å². The van der Waals surface area contributed by atoms with Crippen molar-refractivity contribution in [1.29, 1.82) is 0 Å². The lowest BCUT2D eigenvalue weighted by molar-refractivity contribution is 0.327. The Morgan fingerprint density at radius 3 is 2.08 bits per heavy atom. The summed E-state index contributed by atoms with van der Waals surface area (Å²) < 4.78 is 0. The van der Waals surface area contributed by atoms with Gasteiger partial charge in [-0.3, -0.25) is 0 Å². The van der Waals surface area contributed by atoms with E-state index < -0.39 is 0 Å². The van der Waals surface area contributed by atoms with Gasteiger partial charge < -0.3 is 9.80 Å². The quantitative estimate of drug-likeness (QED) is 0.174. The maximum Gasteiger partial charge on any atom is 0.252 e. The minimum Gasteiger partial charge on any atom is -0.311 e. The number of nitrogens with zero attached hydrogens (tertiary/aromatic N) is 2. The van der Waals surface area contributed by atoms with E-state index in [1.54, 1.807) is 11.1 Å². The molecule has 2 aliphatic heterocycles. The van der Waals surface area contributed by atoms with Gasteiger partial charge in [-0.2, -0.15) is 0 Å². The number of hydrogen-bond acceptors (Lipinski definition) is 2. The molecule has 2 nitrogen and oxygen atoms in total. The Bertz CT molecular complexity index is 2560. The van der Waals surface area contributed by atoms with Gasteiger partial charge >= 0.3 is 0 Å². The molecule has 2 saturated carbocycles. The first-order valence-electron chi connectivity index (χ1n) is 18.4. The Hall–Kier alpha value is -5.54. The molecule has 0 amide bonds. The highest BCUT2D eigenvalue weighted by Crippen LogP contribution is 2.66. The van der Waals surface area contributed by atoms with Gasteiger partial charge in [0, 0.05) is 39.5 Å². The fourth-order valence-corrected chi connectivity index (χ4v) is 11.2. The third-order valence-corrected chi connectivity index (χ3v) is 13.1. The van der Waals surface area contributed by atoms with Crippen LogP contribution in [0.15, 0.2) is 152 Å². The molecule has 2 heterocycles. The first kappa shape index (κ1) is 27.3. The second-order valence-electron chi connectivity index (χ2n) is 15.3. The van der Waals surface area contributed by atoms with E-state index in [9.17, 15) is 0 Å². The van der Waals surface area contributed by atoms with Crippen molar-refractivity contribution in [3.05, 3.63) is 163 Å². The summed E-state index contributed by atoms with van der Waals surface area (Å²) in [7, 11) is 0. The number of para-hydroxylation sites is 2. The molecule has 12 rings (SSSR count). The summed E-state index contributed by atoms with van der Waals surface area (Å²) in [5, 5.41) is 2.55. The van der Waals surface area contributed by atoms with Gasteiger partial charge in [0.15, 0.2) is 0 Å². The normalized spacial score (nSPS) is 21.6. The van der Waals surface area contributed by atoms with Crippen LogP contribution < -0.4 is 26.2 Å². The molecule has 3 heteroatoms. The van der Waals surface area contributed by atoms with Gasteiger partial charge in [-0.1, -0.05) is 110 Å². The summed E-state index contributed by atoms with van der Waals surface area (Å²) in [6.07, 6.45) is 5.40. The molecule has 2 fully saturated rings. The predicted molar refractivity (Wildman–Crippen MR) is 210 cm³/mol. The molecular formula is C47H35BN2. The van der Waals surface area contributed by atoms with Crippen molar-refractivity contribution in [2.24, 2.45) is 11.8 Å². The van der Waals surface area contributed by atoms with Gasteiger partial charge in [-0.05, 0) is 129 Å². The van der Waals surface area contributed by atoms with E-state index in [4.69, 9.17) is 0 Å². The van der Waals surface area contributed by atoms with Gasteiger partial charge in [0.1, 0.15) is 0 Å².